The summed E-state index contributed by atoms with van der Waals surface area (Å²) >= 11 is 0. The second kappa shape index (κ2) is 7.73. The molecule has 1 atom stereocenters. The number of nitrogens with two attached hydrogens (primary N) is 1. The molecule has 0 saturated heterocycles. The van der Waals surface area contributed by atoms with Gasteiger partial charge in [0.2, 0.25) is 5.65 Å². The number of alkyl halides is 3. The molecule has 1 unspecified atom stereocenters. The Morgan fingerprint density at radius 2 is 2.03 bits per heavy atom. The first kappa shape index (κ1) is 21.9. The smallest absolute Gasteiger partial charge is 0.381 e. The van der Waals surface area contributed by atoms with Crippen molar-refractivity contribution in [3.8, 4) is 0 Å². The first-order valence-electron chi connectivity index (χ1n) is 11.0. The number of nitrogen functional groups attached to an aromatic ring is 1. The van der Waals surface area contributed by atoms with Crippen molar-refractivity contribution in [3.63, 3.8) is 0 Å². The summed E-state index contributed by atoms with van der Waals surface area (Å²) in [6, 6.07) is 6.84. The van der Waals surface area contributed by atoms with E-state index >= 15 is 0 Å². The van der Waals surface area contributed by atoms with Gasteiger partial charge in [-0.3, -0.25) is 18.8 Å². The van der Waals surface area contributed by atoms with E-state index in [1.165, 1.54) is 12.4 Å². The van der Waals surface area contributed by atoms with E-state index in [4.69, 9.17) is 5.73 Å². The number of rotatable bonds is 3. The molecule has 0 saturated carbocycles. The van der Waals surface area contributed by atoms with Crippen molar-refractivity contribution in [3.05, 3.63) is 71.6 Å². The van der Waals surface area contributed by atoms with Crippen molar-refractivity contribution >= 4 is 34.1 Å². The van der Waals surface area contributed by atoms with Gasteiger partial charge >= 0.3 is 6.18 Å². The molecule has 0 spiro atoms. The number of aromatic nitrogens is 7. The van der Waals surface area contributed by atoms with Crippen LogP contribution in [0.1, 0.15) is 39.8 Å². The van der Waals surface area contributed by atoms with Crippen LogP contribution in [0.4, 0.5) is 24.7 Å². The summed E-state index contributed by atoms with van der Waals surface area (Å²) in [6.07, 6.45) is 0.924. The highest BCUT2D eigenvalue weighted by atomic mass is 19.4. The van der Waals surface area contributed by atoms with Gasteiger partial charge in [-0.1, -0.05) is 6.07 Å². The Kier molecular flexibility index (Phi) is 4.71. The third-order valence-corrected chi connectivity index (χ3v) is 6.31. The largest absolute Gasteiger partial charge is 0.433 e. The lowest BCUT2D eigenvalue weighted by molar-refractivity contribution is -0.141. The molecule has 4 heterocycles. The maximum Gasteiger partial charge on any atom is 0.433 e. The van der Waals surface area contributed by atoms with Crippen LogP contribution in [-0.4, -0.2) is 40.3 Å². The third kappa shape index (κ3) is 3.42. The molecule has 0 aliphatic heterocycles. The first-order valence-corrected chi connectivity index (χ1v) is 11.0. The predicted molar refractivity (Wildman–Crippen MR) is 123 cm³/mol. The fourth-order valence-electron chi connectivity index (χ4n) is 4.69. The maximum atomic E-state index is 14.0. The highest BCUT2D eigenvalue weighted by Gasteiger charge is 2.38. The summed E-state index contributed by atoms with van der Waals surface area (Å²) in [5.74, 6) is -0.134. The Morgan fingerprint density at radius 3 is 2.78 bits per heavy atom. The summed E-state index contributed by atoms with van der Waals surface area (Å²) in [5.41, 5.74) is 8.31. The number of benzene rings is 1. The van der Waals surface area contributed by atoms with Crippen LogP contribution in [0.25, 0.3) is 16.7 Å². The second-order valence-electron chi connectivity index (χ2n) is 8.56. The van der Waals surface area contributed by atoms with Crippen LogP contribution in [0.15, 0.2) is 49.1 Å². The highest BCUT2D eigenvalue weighted by Crippen LogP contribution is 2.40. The number of anilines is 2. The lowest BCUT2D eigenvalue weighted by Gasteiger charge is -2.28. The van der Waals surface area contributed by atoms with E-state index < -0.39 is 17.9 Å². The zero-order valence-corrected chi connectivity index (χ0v) is 18.8. The fourth-order valence-corrected chi connectivity index (χ4v) is 4.69. The molecule has 1 amide bonds. The Balaban J connectivity index is 1.46. The topological polar surface area (TPSA) is 120 Å². The van der Waals surface area contributed by atoms with Crippen LogP contribution in [0.3, 0.4) is 0 Å². The molecule has 36 heavy (non-hydrogen) atoms. The van der Waals surface area contributed by atoms with Crippen molar-refractivity contribution in [2.24, 2.45) is 7.05 Å². The second-order valence-corrected chi connectivity index (χ2v) is 8.56. The minimum absolute atomic E-state index is 0.212. The van der Waals surface area contributed by atoms with E-state index in [9.17, 15) is 18.0 Å². The van der Waals surface area contributed by atoms with Crippen LogP contribution in [0, 0.1) is 0 Å². The number of carbonyl (C=O) groups is 1. The highest BCUT2D eigenvalue weighted by molar-refractivity contribution is 6.08. The van der Waals surface area contributed by atoms with Gasteiger partial charge in [-0.2, -0.15) is 18.3 Å². The van der Waals surface area contributed by atoms with Gasteiger partial charge in [0, 0.05) is 24.5 Å². The van der Waals surface area contributed by atoms with Gasteiger partial charge in [-0.25, -0.2) is 9.97 Å². The molecule has 1 aromatic carbocycles. The molecule has 6 rings (SSSR count). The number of aryl methyl sites for hydroxylation is 2. The Bertz CT molecular complexity index is 1660. The molecule has 0 bridgehead atoms. The predicted octanol–water partition coefficient (Wildman–Crippen LogP) is 3.34. The van der Waals surface area contributed by atoms with E-state index in [0.29, 0.717) is 52.0 Å². The van der Waals surface area contributed by atoms with E-state index in [-0.39, 0.29) is 11.7 Å². The van der Waals surface area contributed by atoms with Crippen molar-refractivity contribution < 1.29 is 18.0 Å². The van der Waals surface area contributed by atoms with Crippen molar-refractivity contribution in [1.29, 1.82) is 0 Å². The number of pyridine rings is 1. The number of fused-ring (bicyclic) bond motifs is 4. The Labute approximate surface area is 201 Å². The standard InChI is InChI=1S/C23H18F3N9O/c1-33-10-13(9-29-33)35(17-6-5-15-14(17)3-7-19(30-15)23(24,25)26)22(36)12-2-4-16-18(8-12)34-11-28-32-21(34)20(27)31-16/h2-4,7-11,17H,5-6H2,1H3,(H2,27,31). The minimum atomic E-state index is -4.54. The summed E-state index contributed by atoms with van der Waals surface area (Å²) in [4.78, 5) is 23.7. The third-order valence-electron chi connectivity index (χ3n) is 6.31. The van der Waals surface area contributed by atoms with E-state index in [0.717, 1.165) is 6.07 Å². The molecule has 10 nitrogen and oxygen atoms in total. The number of hydrogen-bond donors (Lipinski definition) is 1. The number of hydrogen-bond acceptors (Lipinski definition) is 7. The number of carbonyl (C=O) groups excluding carboxylic acids is 1. The van der Waals surface area contributed by atoms with Crippen LogP contribution in [0.5, 0.6) is 0 Å². The van der Waals surface area contributed by atoms with Crippen LogP contribution < -0.4 is 10.6 Å². The number of nitrogens with zero attached hydrogens (tertiary/aromatic N) is 8. The van der Waals surface area contributed by atoms with Gasteiger partial charge in [0.15, 0.2) is 5.82 Å². The molecule has 0 radical (unpaired) electrons. The molecule has 182 valence electrons. The number of amides is 1. The maximum absolute atomic E-state index is 14.0. The summed E-state index contributed by atoms with van der Waals surface area (Å²) < 4.78 is 42.8. The average Bonchev–Trinajstić information content (AvgIpc) is 3.59. The molecular formula is C23H18F3N9O. The molecular weight excluding hydrogens is 475 g/mol. The quantitative estimate of drug-likeness (QED) is 0.409. The molecule has 0 fully saturated rings. The van der Waals surface area contributed by atoms with Crippen LogP contribution in [0.2, 0.25) is 0 Å². The zero-order chi connectivity index (χ0) is 25.2. The normalized spacial score (nSPS) is 15.5. The fraction of sp³-hybridized carbons (Fsp3) is 0.217. The lowest BCUT2D eigenvalue weighted by Crippen LogP contribution is -2.34. The average molecular weight is 493 g/mol. The van der Waals surface area contributed by atoms with Crippen molar-refractivity contribution in [2.75, 3.05) is 10.6 Å². The van der Waals surface area contributed by atoms with Gasteiger partial charge < -0.3 is 5.73 Å². The van der Waals surface area contributed by atoms with E-state index in [1.54, 1.807) is 51.6 Å². The molecule has 4 aromatic heterocycles. The van der Waals surface area contributed by atoms with E-state index in [2.05, 4.69) is 25.3 Å². The van der Waals surface area contributed by atoms with Crippen molar-refractivity contribution in [2.45, 2.75) is 25.1 Å². The first-order chi connectivity index (χ1) is 17.2. The summed E-state index contributed by atoms with van der Waals surface area (Å²) in [5, 5.41) is 12.1. The zero-order valence-electron chi connectivity index (χ0n) is 18.8. The Morgan fingerprint density at radius 1 is 1.19 bits per heavy atom. The Hall–Kier alpha value is -4.55. The van der Waals surface area contributed by atoms with Gasteiger partial charge in [0.1, 0.15) is 12.0 Å². The lowest BCUT2D eigenvalue weighted by atomic mass is 10.1. The summed E-state index contributed by atoms with van der Waals surface area (Å²) in [6.45, 7) is 0. The molecule has 2 N–H and O–H groups in total. The number of halogens is 3. The van der Waals surface area contributed by atoms with Gasteiger partial charge in [0.05, 0.1) is 29.0 Å². The minimum Gasteiger partial charge on any atom is -0.381 e. The SMILES string of the molecule is Cn1cc(N(C(=O)c2ccc3nc(N)c4nncn4c3c2)C2CCc3nc(C(F)(F)F)ccc32)cn1. The van der Waals surface area contributed by atoms with Crippen LogP contribution >= 0.6 is 0 Å². The van der Waals surface area contributed by atoms with Gasteiger partial charge in [-0.15, -0.1) is 10.2 Å². The molecule has 5 aromatic rings. The van der Waals surface area contributed by atoms with Gasteiger partial charge in [-0.05, 0) is 42.7 Å². The van der Waals surface area contributed by atoms with E-state index in [1.807, 2.05) is 0 Å². The van der Waals surface area contributed by atoms with Crippen molar-refractivity contribution in [1.82, 2.24) is 34.3 Å². The molecule has 13 heteroatoms. The monoisotopic (exact) mass is 493 g/mol. The summed E-state index contributed by atoms with van der Waals surface area (Å²) in [7, 11) is 1.72. The van der Waals surface area contributed by atoms with Crippen LogP contribution in [-0.2, 0) is 19.6 Å². The molecule has 1 aliphatic rings. The van der Waals surface area contributed by atoms with Gasteiger partial charge in [0.25, 0.3) is 5.91 Å². The molecule has 1 aliphatic carbocycles.